The maximum absolute atomic E-state index is 7.56. The van der Waals surface area contributed by atoms with Crippen LogP contribution in [0.25, 0.3) is 0 Å². The molecule has 0 atom stereocenters. The predicted molar refractivity (Wildman–Crippen MR) is 66.8 cm³/mol. The van der Waals surface area contributed by atoms with E-state index in [-0.39, 0.29) is 0 Å². The van der Waals surface area contributed by atoms with Gasteiger partial charge in [-0.1, -0.05) is 30.5 Å². The number of hydrogen-bond acceptors (Lipinski definition) is 2. The molecule has 1 aliphatic rings. The second-order valence-electron chi connectivity index (χ2n) is 4.35. The van der Waals surface area contributed by atoms with E-state index in [0.717, 1.165) is 24.5 Å². The van der Waals surface area contributed by atoms with Gasteiger partial charge in [0.15, 0.2) is 0 Å². The van der Waals surface area contributed by atoms with Gasteiger partial charge in [-0.3, -0.25) is 0 Å². The van der Waals surface area contributed by atoms with Gasteiger partial charge in [0.25, 0.3) is 0 Å². The van der Waals surface area contributed by atoms with Crippen LogP contribution in [0.1, 0.15) is 31.7 Å². The molecular formula is C13H16ClNO. The van der Waals surface area contributed by atoms with Crippen LogP contribution in [-0.2, 0) is 0 Å². The zero-order valence-corrected chi connectivity index (χ0v) is 10.2. The summed E-state index contributed by atoms with van der Waals surface area (Å²) in [5.41, 5.74) is 1.40. The summed E-state index contributed by atoms with van der Waals surface area (Å²) in [5.74, 6) is 1.57. The van der Waals surface area contributed by atoms with Crippen molar-refractivity contribution in [2.24, 2.45) is 5.92 Å². The van der Waals surface area contributed by atoms with Crippen molar-refractivity contribution in [1.82, 2.24) is 0 Å². The van der Waals surface area contributed by atoms with Crippen LogP contribution in [-0.4, -0.2) is 12.3 Å². The Hall–Kier alpha value is -1.02. The van der Waals surface area contributed by atoms with E-state index in [1.807, 2.05) is 12.1 Å². The summed E-state index contributed by atoms with van der Waals surface area (Å²) >= 11 is 6.04. The number of hydrogen-bond donors (Lipinski definition) is 1. The normalized spacial score (nSPS) is 14.9. The number of ether oxygens (including phenoxy) is 1. The third kappa shape index (κ3) is 2.99. The molecule has 1 fully saturated rings. The molecule has 0 heterocycles. The van der Waals surface area contributed by atoms with E-state index in [0.29, 0.717) is 16.5 Å². The van der Waals surface area contributed by atoms with Crippen LogP contribution in [0.4, 0.5) is 0 Å². The van der Waals surface area contributed by atoms with Gasteiger partial charge in [0, 0.05) is 5.71 Å². The van der Waals surface area contributed by atoms with Crippen LogP contribution in [0.2, 0.25) is 5.02 Å². The summed E-state index contributed by atoms with van der Waals surface area (Å²) in [7, 11) is 0. The molecule has 0 bridgehead atoms. The lowest BCUT2D eigenvalue weighted by atomic mass is 10.1. The summed E-state index contributed by atoms with van der Waals surface area (Å²) in [6, 6.07) is 5.48. The van der Waals surface area contributed by atoms with Gasteiger partial charge in [0.05, 0.1) is 11.6 Å². The molecule has 3 heteroatoms. The van der Waals surface area contributed by atoms with Crippen molar-refractivity contribution in [3.05, 3.63) is 28.8 Å². The third-order valence-corrected chi connectivity index (χ3v) is 3.16. The highest BCUT2D eigenvalue weighted by Gasteiger charge is 2.20. The average molecular weight is 238 g/mol. The summed E-state index contributed by atoms with van der Waals surface area (Å²) in [6.45, 7) is 2.49. The zero-order valence-electron chi connectivity index (χ0n) is 9.42. The van der Waals surface area contributed by atoms with Gasteiger partial charge in [0.1, 0.15) is 5.75 Å². The SMILES string of the molecule is CC(=N)c1ccc(Cl)c(OCCC2CC2)c1. The highest BCUT2D eigenvalue weighted by molar-refractivity contribution is 6.32. The lowest BCUT2D eigenvalue weighted by Gasteiger charge is -2.09. The molecule has 1 aromatic rings. The van der Waals surface area contributed by atoms with Crippen molar-refractivity contribution in [2.75, 3.05) is 6.61 Å². The maximum Gasteiger partial charge on any atom is 0.138 e. The van der Waals surface area contributed by atoms with E-state index in [4.69, 9.17) is 21.7 Å². The molecule has 0 amide bonds. The Bertz CT molecular complexity index is 399. The second-order valence-corrected chi connectivity index (χ2v) is 4.76. The van der Waals surface area contributed by atoms with E-state index in [9.17, 15) is 0 Å². The first-order chi connectivity index (χ1) is 7.66. The van der Waals surface area contributed by atoms with E-state index < -0.39 is 0 Å². The molecule has 1 aliphatic carbocycles. The van der Waals surface area contributed by atoms with Crippen LogP contribution in [0.5, 0.6) is 5.75 Å². The van der Waals surface area contributed by atoms with Crippen LogP contribution in [0.15, 0.2) is 18.2 Å². The molecule has 0 unspecified atom stereocenters. The minimum absolute atomic E-state index is 0.531. The molecule has 0 aliphatic heterocycles. The molecule has 86 valence electrons. The Morgan fingerprint density at radius 1 is 1.50 bits per heavy atom. The van der Waals surface area contributed by atoms with E-state index in [1.165, 1.54) is 12.8 Å². The van der Waals surface area contributed by atoms with Gasteiger partial charge in [-0.05, 0) is 37.0 Å². The van der Waals surface area contributed by atoms with Crippen molar-refractivity contribution in [3.8, 4) is 5.75 Å². The fourth-order valence-corrected chi connectivity index (χ4v) is 1.76. The first kappa shape index (κ1) is 11.5. The van der Waals surface area contributed by atoms with Crippen LogP contribution < -0.4 is 4.74 Å². The topological polar surface area (TPSA) is 33.1 Å². The highest BCUT2D eigenvalue weighted by atomic mass is 35.5. The Balaban J connectivity index is 1.99. The number of benzene rings is 1. The molecule has 2 nitrogen and oxygen atoms in total. The molecule has 16 heavy (non-hydrogen) atoms. The lowest BCUT2D eigenvalue weighted by Crippen LogP contribution is -2.00. The zero-order chi connectivity index (χ0) is 11.5. The highest BCUT2D eigenvalue weighted by Crippen LogP contribution is 2.33. The van der Waals surface area contributed by atoms with Crippen LogP contribution >= 0.6 is 11.6 Å². The number of halogens is 1. The van der Waals surface area contributed by atoms with Crippen molar-refractivity contribution in [2.45, 2.75) is 26.2 Å². The average Bonchev–Trinajstić information content (AvgIpc) is 3.04. The summed E-state index contributed by atoms with van der Waals surface area (Å²) < 4.78 is 5.65. The molecule has 0 saturated heterocycles. The van der Waals surface area contributed by atoms with Gasteiger partial charge in [-0.15, -0.1) is 0 Å². The van der Waals surface area contributed by atoms with Crippen LogP contribution in [0, 0.1) is 11.3 Å². The Labute approximate surface area is 101 Å². The second kappa shape index (κ2) is 4.88. The maximum atomic E-state index is 7.56. The fourth-order valence-electron chi connectivity index (χ4n) is 1.59. The van der Waals surface area contributed by atoms with Gasteiger partial charge >= 0.3 is 0 Å². The van der Waals surface area contributed by atoms with E-state index in [2.05, 4.69) is 0 Å². The molecule has 0 spiro atoms. The Kier molecular flexibility index (Phi) is 3.49. The standard InChI is InChI=1S/C13H16ClNO/c1-9(15)11-4-5-12(14)13(8-11)16-7-6-10-2-3-10/h4-5,8,10,15H,2-3,6-7H2,1H3. The fraction of sp³-hybridized carbons (Fsp3) is 0.462. The van der Waals surface area contributed by atoms with E-state index in [1.54, 1.807) is 13.0 Å². The first-order valence-electron chi connectivity index (χ1n) is 5.64. The molecule has 2 rings (SSSR count). The molecule has 0 aromatic heterocycles. The monoisotopic (exact) mass is 237 g/mol. The largest absolute Gasteiger partial charge is 0.492 e. The van der Waals surface area contributed by atoms with Gasteiger partial charge < -0.3 is 10.1 Å². The van der Waals surface area contributed by atoms with Gasteiger partial charge in [-0.25, -0.2) is 0 Å². The molecular weight excluding hydrogens is 222 g/mol. The molecule has 1 N–H and O–H groups in total. The third-order valence-electron chi connectivity index (χ3n) is 2.84. The smallest absolute Gasteiger partial charge is 0.138 e. The van der Waals surface area contributed by atoms with Gasteiger partial charge in [0.2, 0.25) is 0 Å². The Morgan fingerprint density at radius 3 is 2.88 bits per heavy atom. The minimum atomic E-state index is 0.531. The summed E-state index contributed by atoms with van der Waals surface area (Å²) in [5, 5.41) is 8.18. The van der Waals surface area contributed by atoms with Crippen molar-refractivity contribution < 1.29 is 4.74 Å². The number of rotatable bonds is 5. The first-order valence-corrected chi connectivity index (χ1v) is 6.02. The summed E-state index contributed by atoms with van der Waals surface area (Å²) in [4.78, 5) is 0. The van der Waals surface area contributed by atoms with Gasteiger partial charge in [-0.2, -0.15) is 0 Å². The molecule has 1 aromatic carbocycles. The van der Waals surface area contributed by atoms with E-state index >= 15 is 0 Å². The Morgan fingerprint density at radius 2 is 2.25 bits per heavy atom. The van der Waals surface area contributed by atoms with Crippen molar-refractivity contribution >= 4 is 17.3 Å². The van der Waals surface area contributed by atoms with Crippen LogP contribution in [0.3, 0.4) is 0 Å². The van der Waals surface area contributed by atoms with Crippen molar-refractivity contribution in [3.63, 3.8) is 0 Å². The minimum Gasteiger partial charge on any atom is -0.492 e. The summed E-state index contributed by atoms with van der Waals surface area (Å²) in [6.07, 6.45) is 3.80. The van der Waals surface area contributed by atoms with Crippen molar-refractivity contribution in [1.29, 1.82) is 5.41 Å². The lowest BCUT2D eigenvalue weighted by molar-refractivity contribution is 0.302. The quantitative estimate of drug-likeness (QED) is 0.774. The molecule has 0 radical (unpaired) electrons. The molecule has 1 saturated carbocycles. The number of nitrogens with one attached hydrogen (secondary N) is 1. The predicted octanol–water partition coefficient (Wildman–Crippen LogP) is 3.91.